The molecule has 1 heterocycles. The predicted octanol–water partition coefficient (Wildman–Crippen LogP) is 6.54. The minimum Gasteiger partial charge on any atom is -0.508 e. The molecule has 6 heteroatoms. The lowest BCUT2D eigenvalue weighted by molar-refractivity contribution is 0.0991. The van der Waals surface area contributed by atoms with Crippen LogP contribution in [0.25, 0.3) is 0 Å². The number of phenols is 3. The number of rotatable bonds is 8. The molecule has 0 atom stereocenters. The van der Waals surface area contributed by atoms with E-state index < -0.39 is 0 Å². The number of fused-ring (bicyclic) bond motifs is 2. The summed E-state index contributed by atoms with van der Waals surface area (Å²) in [6, 6.07) is 7.33. The zero-order valence-electron chi connectivity index (χ0n) is 19.4. The molecular formula is C27H32N2O4. The molecule has 1 aliphatic heterocycles. The van der Waals surface area contributed by atoms with Crippen LogP contribution in [0.3, 0.4) is 0 Å². The Morgan fingerprint density at radius 3 is 2.45 bits per heavy atom. The maximum absolute atomic E-state index is 13.4. The summed E-state index contributed by atoms with van der Waals surface area (Å²) in [6.07, 6.45) is 12.5. The second-order valence-electron chi connectivity index (χ2n) is 8.52. The Morgan fingerprint density at radius 1 is 0.939 bits per heavy atom. The Hall–Kier alpha value is -3.67. The first-order chi connectivity index (χ1) is 15.8. The van der Waals surface area contributed by atoms with Crippen molar-refractivity contribution < 1.29 is 20.1 Å². The van der Waals surface area contributed by atoms with Crippen LogP contribution in [0.4, 0.5) is 17.1 Å². The van der Waals surface area contributed by atoms with Crippen molar-refractivity contribution in [2.75, 3.05) is 16.8 Å². The second kappa shape index (κ2) is 10.8. The monoisotopic (exact) mass is 448 g/mol. The van der Waals surface area contributed by atoms with E-state index in [9.17, 15) is 20.1 Å². The molecule has 0 bridgehead atoms. The van der Waals surface area contributed by atoms with Gasteiger partial charge in [-0.05, 0) is 58.6 Å². The average molecular weight is 449 g/mol. The normalized spacial score (nSPS) is 13.4. The standard InChI is InChI=1S/C27H32N2O4/c1-18(2)10-7-5-4-6-8-11-19(3)14-15-29-22-16-20(30)17-24(32)26(22)28-25-21(27(29)33)12-9-13-23(25)31/h4,6,9-10,12-14,16-17,28,30-32H,5,7-8,11,15H2,1-3H3. The molecule has 0 radical (unpaired) electrons. The molecule has 0 saturated carbocycles. The summed E-state index contributed by atoms with van der Waals surface area (Å²) in [5, 5.41) is 33.7. The van der Waals surface area contributed by atoms with Crippen LogP contribution in [0.5, 0.6) is 17.2 Å². The number of carbonyl (C=O) groups is 1. The molecule has 2 aromatic rings. The van der Waals surface area contributed by atoms with E-state index in [1.165, 1.54) is 28.7 Å². The molecule has 0 aromatic heterocycles. The lowest BCUT2D eigenvalue weighted by atomic mass is 10.1. The van der Waals surface area contributed by atoms with Gasteiger partial charge in [0, 0.05) is 18.7 Å². The number of phenolic OH excluding ortho intramolecular Hbond substituents is 3. The number of hydrogen-bond acceptors (Lipinski definition) is 5. The lowest BCUT2D eigenvalue weighted by Gasteiger charge is -2.22. The summed E-state index contributed by atoms with van der Waals surface area (Å²) in [5.74, 6) is -0.789. The minimum absolute atomic E-state index is 0.0933. The molecule has 3 rings (SSSR count). The average Bonchev–Trinajstić information content (AvgIpc) is 2.87. The number of benzene rings is 2. The van der Waals surface area contributed by atoms with Crippen molar-refractivity contribution in [2.24, 2.45) is 0 Å². The van der Waals surface area contributed by atoms with Crippen molar-refractivity contribution in [1.29, 1.82) is 0 Å². The zero-order valence-corrected chi connectivity index (χ0v) is 19.4. The number of nitrogens with one attached hydrogen (secondary N) is 1. The van der Waals surface area contributed by atoms with Gasteiger partial charge < -0.3 is 25.5 Å². The Kier molecular flexibility index (Phi) is 7.83. The molecule has 1 amide bonds. The predicted molar refractivity (Wildman–Crippen MR) is 134 cm³/mol. The first-order valence-corrected chi connectivity index (χ1v) is 11.2. The van der Waals surface area contributed by atoms with Gasteiger partial charge in [-0.2, -0.15) is 0 Å². The minimum atomic E-state index is -0.333. The molecule has 33 heavy (non-hydrogen) atoms. The van der Waals surface area contributed by atoms with Crippen molar-refractivity contribution >= 4 is 23.0 Å². The van der Waals surface area contributed by atoms with Gasteiger partial charge in [0.15, 0.2) is 0 Å². The smallest absolute Gasteiger partial charge is 0.260 e. The van der Waals surface area contributed by atoms with Crippen LogP contribution in [-0.4, -0.2) is 27.8 Å². The number of allylic oxidation sites excluding steroid dienone is 5. The van der Waals surface area contributed by atoms with E-state index in [4.69, 9.17) is 0 Å². The number of nitrogens with zero attached hydrogens (tertiary/aromatic N) is 1. The summed E-state index contributed by atoms with van der Waals surface area (Å²) >= 11 is 0. The van der Waals surface area contributed by atoms with E-state index in [1.807, 2.05) is 13.0 Å². The maximum atomic E-state index is 13.4. The van der Waals surface area contributed by atoms with Crippen LogP contribution >= 0.6 is 0 Å². The molecule has 0 unspecified atom stereocenters. The van der Waals surface area contributed by atoms with E-state index >= 15 is 0 Å². The molecule has 1 aliphatic rings. The van der Waals surface area contributed by atoms with Gasteiger partial charge >= 0.3 is 0 Å². The zero-order chi connectivity index (χ0) is 24.0. The van der Waals surface area contributed by atoms with Crippen molar-refractivity contribution in [1.82, 2.24) is 0 Å². The summed E-state index contributed by atoms with van der Waals surface area (Å²) in [4.78, 5) is 14.9. The third kappa shape index (κ3) is 5.98. The first-order valence-electron chi connectivity index (χ1n) is 11.2. The fourth-order valence-corrected chi connectivity index (χ4v) is 3.71. The van der Waals surface area contributed by atoms with Crippen LogP contribution in [0.15, 0.2) is 65.8 Å². The number of para-hydroxylation sites is 1. The Labute approximate surface area is 195 Å². The lowest BCUT2D eigenvalue weighted by Crippen LogP contribution is -2.30. The highest BCUT2D eigenvalue weighted by Crippen LogP contribution is 2.45. The fourth-order valence-electron chi connectivity index (χ4n) is 3.71. The fraction of sp³-hybridized carbons (Fsp3) is 0.296. The van der Waals surface area contributed by atoms with E-state index in [0.717, 1.165) is 31.3 Å². The second-order valence-corrected chi connectivity index (χ2v) is 8.52. The van der Waals surface area contributed by atoms with Crippen molar-refractivity contribution in [3.05, 3.63) is 71.3 Å². The van der Waals surface area contributed by atoms with Gasteiger partial charge in [-0.1, -0.05) is 41.5 Å². The van der Waals surface area contributed by atoms with E-state index in [2.05, 4.69) is 37.4 Å². The van der Waals surface area contributed by atoms with Crippen LogP contribution in [0.2, 0.25) is 0 Å². The largest absolute Gasteiger partial charge is 0.508 e. The highest BCUT2D eigenvalue weighted by Gasteiger charge is 2.29. The van der Waals surface area contributed by atoms with Crippen LogP contribution in [0.1, 0.15) is 56.8 Å². The Bertz CT molecular complexity index is 1110. The molecule has 174 valence electrons. The molecular weight excluding hydrogens is 416 g/mol. The Balaban J connectivity index is 1.78. The first kappa shape index (κ1) is 24.0. The molecule has 6 nitrogen and oxygen atoms in total. The third-order valence-corrected chi connectivity index (χ3v) is 5.52. The van der Waals surface area contributed by atoms with E-state index in [0.29, 0.717) is 5.69 Å². The van der Waals surface area contributed by atoms with Gasteiger partial charge in [0.25, 0.3) is 5.91 Å². The molecule has 2 aromatic carbocycles. The highest BCUT2D eigenvalue weighted by molar-refractivity contribution is 6.15. The van der Waals surface area contributed by atoms with Crippen LogP contribution in [0, 0.1) is 0 Å². The van der Waals surface area contributed by atoms with Crippen molar-refractivity contribution in [2.45, 2.75) is 46.5 Å². The summed E-state index contributed by atoms with van der Waals surface area (Å²) in [6.45, 7) is 6.50. The molecule has 4 N–H and O–H groups in total. The maximum Gasteiger partial charge on any atom is 0.260 e. The number of unbranched alkanes of at least 4 members (excludes halogenated alkanes) is 1. The van der Waals surface area contributed by atoms with E-state index in [1.54, 1.807) is 12.1 Å². The van der Waals surface area contributed by atoms with Gasteiger partial charge in [0.1, 0.15) is 22.9 Å². The van der Waals surface area contributed by atoms with Crippen molar-refractivity contribution in [3.63, 3.8) is 0 Å². The van der Waals surface area contributed by atoms with Crippen molar-refractivity contribution in [3.8, 4) is 17.2 Å². The molecule has 0 aliphatic carbocycles. The summed E-state index contributed by atoms with van der Waals surface area (Å²) in [5.41, 5.74) is 3.59. The topological polar surface area (TPSA) is 93.0 Å². The van der Waals surface area contributed by atoms with Gasteiger partial charge in [-0.3, -0.25) is 4.79 Å². The number of aromatic hydroxyl groups is 3. The number of anilines is 3. The van der Waals surface area contributed by atoms with Gasteiger partial charge in [-0.15, -0.1) is 0 Å². The number of hydrogen-bond donors (Lipinski definition) is 4. The SMILES string of the molecule is CC(C)=CCCC=CCCC(C)=CCN1C(=O)c2cccc(O)c2Nc2c(O)cc(O)cc21. The van der Waals surface area contributed by atoms with Gasteiger partial charge in [0.05, 0.1) is 16.9 Å². The summed E-state index contributed by atoms with van der Waals surface area (Å²) < 4.78 is 0. The molecule has 0 spiro atoms. The third-order valence-electron chi connectivity index (χ3n) is 5.52. The van der Waals surface area contributed by atoms with Crippen LogP contribution in [-0.2, 0) is 0 Å². The van der Waals surface area contributed by atoms with Gasteiger partial charge in [-0.25, -0.2) is 0 Å². The number of amides is 1. The van der Waals surface area contributed by atoms with E-state index in [-0.39, 0.29) is 46.6 Å². The Morgan fingerprint density at radius 2 is 1.70 bits per heavy atom. The molecule has 0 fully saturated rings. The highest BCUT2D eigenvalue weighted by atomic mass is 16.3. The quantitative estimate of drug-likeness (QED) is 0.159. The molecule has 0 saturated heterocycles. The van der Waals surface area contributed by atoms with Gasteiger partial charge in [0.2, 0.25) is 0 Å². The number of carbonyl (C=O) groups excluding carboxylic acids is 1. The summed E-state index contributed by atoms with van der Waals surface area (Å²) in [7, 11) is 0. The van der Waals surface area contributed by atoms with Crippen LogP contribution < -0.4 is 10.2 Å².